The van der Waals surface area contributed by atoms with Gasteiger partial charge in [0.2, 0.25) is 0 Å². The molecule has 0 atom stereocenters. The number of nitrogens with one attached hydrogen (secondary N) is 1. The van der Waals surface area contributed by atoms with Crippen LogP contribution in [-0.4, -0.2) is 30.6 Å². The Hall–Kier alpha value is -1.75. The fourth-order valence-electron chi connectivity index (χ4n) is 1.53. The molecule has 5 heteroatoms. The van der Waals surface area contributed by atoms with Crippen molar-refractivity contribution < 1.29 is 14.6 Å². The summed E-state index contributed by atoms with van der Waals surface area (Å²) in [4.78, 5) is 14.4. The second-order valence-electron chi connectivity index (χ2n) is 3.11. The summed E-state index contributed by atoms with van der Waals surface area (Å²) in [5.74, 6) is -0.385. The Morgan fingerprint density at radius 1 is 1.53 bits per heavy atom. The van der Waals surface area contributed by atoms with Gasteiger partial charge >= 0.3 is 13.5 Å². The lowest BCUT2D eigenvalue weighted by molar-refractivity contribution is 0.0603. The van der Waals surface area contributed by atoms with Crippen molar-refractivity contribution in [3.63, 3.8) is 0 Å². The molecular formula is C10H9BNO3. The summed E-state index contributed by atoms with van der Waals surface area (Å²) in [6.07, 6.45) is 0. The van der Waals surface area contributed by atoms with Crippen molar-refractivity contribution >= 4 is 29.9 Å². The van der Waals surface area contributed by atoms with Crippen molar-refractivity contribution in [3.8, 4) is 0 Å². The first-order valence-electron chi connectivity index (χ1n) is 4.43. The van der Waals surface area contributed by atoms with Crippen LogP contribution in [0.25, 0.3) is 10.9 Å². The van der Waals surface area contributed by atoms with E-state index in [1.807, 2.05) is 6.07 Å². The van der Waals surface area contributed by atoms with Crippen LogP contribution in [0.4, 0.5) is 0 Å². The van der Waals surface area contributed by atoms with Gasteiger partial charge in [0, 0.05) is 16.5 Å². The average Bonchev–Trinajstić information content (AvgIpc) is 2.70. The number of esters is 1. The Labute approximate surface area is 87.1 Å². The van der Waals surface area contributed by atoms with Crippen molar-refractivity contribution in [1.82, 2.24) is 4.98 Å². The van der Waals surface area contributed by atoms with Gasteiger partial charge in [-0.3, -0.25) is 0 Å². The number of H-pyrrole nitrogens is 1. The standard InChI is InChI=1S/C10H9BNO3/c1-15-10(13)6-3-2-4-8-7(6)5-9(11-14)12-8/h2-5,12,14H,1H3. The summed E-state index contributed by atoms with van der Waals surface area (Å²) in [5, 5.41) is 9.59. The highest BCUT2D eigenvalue weighted by Gasteiger charge is 2.11. The molecular weight excluding hydrogens is 193 g/mol. The van der Waals surface area contributed by atoms with E-state index in [9.17, 15) is 4.79 Å². The minimum absolute atomic E-state index is 0.385. The highest BCUT2D eigenvalue weighted by atomic mass is 16.5. The molecule has 0 aliphatic carbocycles. The Morgan fingerprint density at radius 3 is 3.00 bits per heavy atom. The van der Waals surface area contributed by atoms with Gasteiger partial charge in [0.15, 0.2) is 0 Å². The van der Waals surface area contributed by atoms with Crippen LogP contribution in [0.3, 0.4) is 0 Å². The molecule has 1 aromatic heterocycles. The highest BCUT2D eigenvalue weighted by Crippen LogP contribution is 2.16. The molecule has 2 aromatic rings. The quantitative estimate of drug-likeness (QED) is 0.539. The molecule has 0 saturated carbocycles. The number of aromatic nitrogens is 1. The molecule has 1 aromatic carbocycles. The van der Waals surface area contributed by atoms with E-state index in [1.165, 1.54) is 7.11 Å². The Balaban J connectivity index is 2.64. The fourth-order valence-corrected chi connectivity index (χ4v) is 1.53. The van der Waals surface area contributed by atoms with Crippen LogP contribution in [0, 0.1) is 0 Å². The number of hydrogen-bond donors (Lipinski definition) is 2. The number of methoxy groups -OCH3 is 1. The molecule has 0 unspecified atom stereocenters. The normalized spacial score (nSPS) is 10.3. The van der Waals surface area contributed by atoms with Gasteiger partial charge in [0.05, 0.1) is 12.7 Å². The number of fused-ring (bicyclic) bond motifs is 1. The summed E-state index contributed by atoms with van der Waals surface area (Å²) >= 11 is 0. The lowest BCUT2D eigenvalue weighted by Crippen LogP contribution is -2.13. The highest BCUT2D eigenvalue weighted by molar-refractivity contribution is 6.45. The zero-order valence-electron chi connectivity index (χ0n) is 8.15. The van der Waals surface area contributed by atoms with Crippen molar-refractivity contribution in [2.45, 2.75) is 0 Å². The lowest BCUT2D eigenvalue weighted by atomic mass is 9.96. The average molecular weight is 202 g/mol. The maximum absolute atomic E-state index is 11.4. The molecule has 0 aliphatic heterocycles. The second kappa shape index (κ2) is 3.78. The SMILES string of the molecule is COC(=O)c1cccc2[nH]c([B]O)cc12. The fraction of sp³-hybridized carbons (Fsp3) is 0.100. The zero-order chi connectivity index (χ0) is 10.8. The van der Waals surface area contributed by atoms with Gasteiger partial charge in [-0.2, -0.15) is 0 Å². The van der Waals surface area contributed by atoms with Crippen LogP contribution in [0.5, 0.6) is 0 Å². The molecule has 0 aliphatic rings. The molecule has 0 bridgehead atoms. The maximum Gasteiger partial charge on any atom is 0.345 e. The van der Waals surface area contributed by atoms with Gasteiger partial charge in [-0.1, -0.05) is 6.07 Å². The molecule has 0 saturated heterocycles. The van der Waals surface area contributed by atoms with Crippen LogP contribution in [0.1, 0.15) is 10.4 Å². The molecule has 4 nitrogen and oxygen atoms in total. The van der Waals surface area contributed by atoms with Crippen LogP contribution in [0.15, 0.2) is 24.3 Å². The van der Waals surface area contributed by atoms with E-state index in [0.29, 0.717) is 11.2 Å². The second-order valence-corrected chi connectivity index (χ2v) is 3.11. The Morgan fingerprint density at radius 2 is 2.33 bits per heavy atom. The smallest absolute Gasteiger partial charge is 0.345 e. The summed E-state index contributed by atoms with van der Waals surface area (Å²) in [5.41, 5.74) is 1.83. The van der Waals surface area contributed by atoms with E-state index >= 15 is 0 Å². The number of ether oxygens (including phenoxy) is 1. The summed E-state index contributed by atoms with van der Waals surface area (Å²) in [6.45, 7) is 0. The molecule has 1 heterocycles. The van der Waals surface area contributed by atoms with Gasteiger partial charge in [-0.05, 0) is 18.2 Å². The zero-order valence-corrected chi connectivity index (χ0v) is 8.15. The molecule has 2 rings (SSSR count). The minimum Gasteiger partial charge on any atom is -0.465 e. The molecule has 75 valence electrons. The van der Waals surface area contributed by atoms with Crippen molar-refractivity contribution in [3.05, 3.63) is 29.8 Å². The first-order chi connectivity index (χ1) is 7.26. The van der Waals surface area contributed by atoms with Gasteiger partial charge < -0.3 is 14.7 Å². The third kappa shape index (κ3) is 1.61. The lowest BCUT2D eigenvalue weighted by Gasteiger charge is -1.99. The molecule has 0 spiro atoms. The molecule has 0 fully saturated rings. The minimum atomic E-state index is -0.385. The van der Waals surface area contributed by atoms with Gasteiger partial charge in [-0.25, -0.2) is 4.79 Å². The van der Waals surface area contributed by atoms with Gasteiger partial charge in [0.1, 0.15) is 0 Å². The Bertz CT molecular complexity index is 506. The Kier molecular flexibility index (Phi) is 2.47. The van der Waals surface area contributed by atoms with E-state index < -0.39 is 0 Å². The van der Waals surface area contributed by atoms with Crippen LogP contribution in [-0.2, 0) is 4.74 Å². The topological polar surface area (TPSA) is 62.3 Å². The van der Waals surface area contributed by atoms with E-state index in [-0.39, 0.29) is 5.97 Å². The van der Waals surface area contributed by atoms with E-state index in [1.54, 1.807) is 18.2 Å². The maximum atomic E-state index is 11.4. The van der Waals surface area contributed by atoms with Crippen molar-refractivity contribution in [1.29, 1.82) is 0 Å². The van der Waals surface area contributed by atoms with E-state index in [2.05, 4.69) is 9.72 Å². The first-order valence-corrected chi connectivity index (χ1v) is 4.43. The van der Waals surface area contributed by atoms with Crippen LogP contribution in [0.2, 0.25) is 0 Å². The number of carbonyl (C=O) groups is 1. The summed E-state index contributed by atoms with van der Waals surface area (Å²) in [6, 6.07) is 6.96. The number of benzene rings is 1. The number of carbonyl (C=O) groups excluding carboxylic acids is 1. The van der Waals surface area contributed by atoms with Gasteiger partial charge in [0.25, 0.3) is 0 Å². The molecule has 2 N–H and O–H groups in total. The molecule has 0 amide bonds. The third-order valence-corrected chi connectivity index (χ3v) is 2.23. The predicted octanol–water partition coefficient (Wildman–Crippen LogP) is 0.191. The molecule has 15 heavy (non-hydrogen) atoms. The van der Waals surface area contributed by atoms with Crippen LogP contribution < -0.4 is 5.59 Å². The first kappa shape index (κ1) is 9.80. The summed E-state index contributed by atoms with van der Waals surface area (Å²) in [7, 11) is 2.30. The van der Waals surface area contributed by atoms with Crippen molar-refractivity contribution in [2.75, 3.05) is 7.11 Å². The largest absolute Gasteiger partial charge is 0.465 e. The number of rotatable bonds is 2. The predicted molar refractivity (Wildman–Crippen MR) is 57.2 cm³/mol. The molecule has 1 radical (unpaired) electrons. The van der Waals surface area contributed by atoms with Gasteiger partial charge in [-0.15, -0.1) is 0 Å². The monoisotopic (exact) mass is 202 g/mol. The van der Waals surface area contributed by atoms with Crippen LogP contribution >= 0.6 is 0 Å². The number of aromatic amines is 1. The van der Waals surface area contributed by atoms with Crippen molar-refractivity contribution in [2.24, 2.45) is 0 Å². The summed E-state index contributed by atoms with van der Waals surface area (Å²) < 4.78 is 4.66. The van der Waals surface area contributed by atoms with E-state index in [0.717, 1.165) is 18.4 Å². The number of hydrogen-bond acceptors (Lipinski definition) is 3. The van der Waals surface area contributed by atoms with E-state index in [4.69, 9.17) is 5.02 Å². The third-order valence-electron chi connectivity index (χ3n) is 2.23.